The van der Waals surface area contributed by atoms with Gasteiger partial charge in [0.2, 0.25) is 0 Å². The number of benzene rings is 1. The van der Waals surface area contributed by atoms with Gasteiger partial charge < -0.3 is 9.67 Å². The van der Waals surface area contributed by atoms with E-state index in [1.54, 1.807) is 18.3 Å². The molecule has 18 heavy (non-hydrogen) atoms. The second kappa shape index (κ2) is 5.63. The Kier molecular flexibility index (Phi) is 4.14. The highest BCUT2D eigenvalue weighted by molar-refractivity contribution is 9.10. The van der Waals surface area contributed by atoms with Gasteiger partial charge >= 0.3 is 0 Å². The molecule has 2 rings (SSSR count). The number of imidazole rings is 1. The standard InChI is InChI=1S/C13H14BrFN2O/c1-17-7-6-16-13(17)5-4-12(18)10-3-2-9(14)8-11(10)15/h2-3,6-8,12,18H,4-5H2,1H3. The van der Waals surface area contributed by atoms with Gasteiger partial charge in [-0.25, -0.2) is 9.37 Å². The van der Waals surface area contributed by atoms with Gasteiger partial charge in [-0.2, -0.15) is 0 Å². The maximum absolute atomic E-state index is 13.6. The van der Waals surface area contributed by atoms with Crippen molar-refractivity contribution in [2.24, 2.45) is 7.05 Å². The van der Waals surface area contributed by atoms with Gasteiger partial charge in [0.15, 0.2) is 0 Å². The molecule has 1 heterocycles. The van der Waals surface area contributed by atoms with Crippen LogP contribution in [0.3, 0.4) is 0 Å². The summed E-state index contributed by atoms with van der Waals surface area (Å²) in [6.07, 6.45) is 3.81. The summed E-state index contributed by atoms with van der Waals surface area (Å²) < 4.78 is 16.2. The van der Waals surface area contributed by atoms with Gasteiger partial charge in [0.05, 0.1) is 6.10 Å². The smallest absolute Gasteiger partial charge is 0.130 e. The van der Waals surface area contributed by atoms with E-state index < -0.39 is 11.9 Å². The van der Waals surface area contributed by atoms with Gasteiger partial charge in [-0.05, 0) is 18.6 Å². The molecular weight excluding hydrogens is 299 g/mol. The Morgan fingerprint density at radius 3 is 2.89 bits per heavy atom. The van der Waals surface area contributed by atoms with Crippen molar-refractivity contribution in [1.82, 2.24) is 9.55 Å². The summed E-state index contributed by atoms with van der Waals surface area (Å²) in [5.41, 5.74) is 0.326. The first-order valence-corrected chi connectivity index (χ1v) is 6.46. The van der Waals surface area contributed by atoms with Gasteiger partial charge in [0.1, 0.15) is 11.6 Å². The predicted molar refractivity (Wildman–Crippen MR) is 70.6 cm³/mol. The molecule has 0 bridgehead atoms. The van der Waals surface area contributed by atoms with Gasteiger partial charge in [-0.1, -0.05) is 22.0 Å². The summed E-state index contributed by atoms with van der Waals surface area (Å²) in [6.45, 7) is 0. The second-order valence-corrected chi connectivity index (χ2v) is 5.09. The van der Waals surface area contributed by atoms with Crippen molar-refractivity contribution in [2.75, 3.05) is 0 Å². The van der Waals surface area contributed by atoms with Crippen LogP contribution in [-0.2, 0) is 13.5 Å². The Labute approximate surface area is 113 Å². The van der Waals surface area contributed by atoms with Crippen LogP contribution in [0.15, 0.2) is 35.1 Å². The molecule has 0 saturated carbocycles. The summed E-state index contributed by atoms with van der Waals surface area (Å²) in [5, 5.41) is 9.99. The zero-order valence-electron chi connectivity index (χ0n) is 9.98. The zero-order valence-corrected chi connectivity index (χ0v) is 11.6. The lowest BCUT2D eigenvalue weighted by atomic mass is 10.0. The third-order valence-corrected chi connectivity index (χ3v) is 3.38. The maximum atomic E-state index is 13.6. The van der Waals surface area contributed by atoms with Gasteiger partial charge in [0.25, 0.3) is 0 Å². The van der Waals surface area contributed by atoms with Gasteiger partial charge in [0, 0.05) is 35.9 Å². The van der Waals surface area contributed by atoms with Crippen LogP contribution < -0.4 is 0 Å². The number of halogens is 2. The Balaban J connectivity index is 2.03. The fraction of sp³-hybridized carbons (Fsp3) is 0.308. The van der Waals surface area contributed by atoms with E-state index in [1.165, 1.54) is 6.07 Å². The molecule has 1 aromatic carbocycles. The van der Waals surface area contributed by atoms with Crippen molar-refractivity contribution in [3.8, 4) is 0 Å². The molecule has 0 aliphatic heterocycles. The summed E-state index contributed by atoms with van der Waals surface area (Å²) >= 11 is 3.19. The molecule has 1 atom stereocenters. The van der Waals surface area contributed by atoms with Crippen LogP contribution in [0.2, 0.25) is 0 Å². The SMILES string of the molecule is Cn1ccnc1CCC(O)c1ccc(Br)cc1F. The van der Waals surface area contributed by atoms with E-state index in [4.69, 9.17) is 0 Å². The molecule has 0 aliphatic rings. The normalized spacial score (nSPS) is 12.7. The van der Waals surface area contributed by atoms with Crippen molar-refractivity contribution in [2.45, 2.75) is 18.9 Å². The molecule has 0 radical (unpaired) electrons. The van der Waals surface area contributed by atoms with Crippen LogP contribution in [0.5, 0.6) is 0 Å². The van der Waals surface area contributed by atoms with Crippen molar-refractivity contribution >= 4 is 15.9 Å². The Hall–Kier alpha value is -1.20. The molecule has 0 amide bonds. The quantitative estimate of drug-likeness (QED) is 0.942. The molecule has 5 heteroatoms. The third-order valence-electron chi connectivity index (χ3n) is 2.88. The highest BCUT2D eigenvalue weighted by atomic mass is 79.9. The lowest BCUT2D eigenvalue weighted by Gasteiger charge is -2.12. The number of nitrogens with zero attached hydrogens (tertiary/aromatic N) is 2. The summed E-state index contributed by atoms with van der Waals surface area (Å²) in [4.78, 5) is 4.17. The highest BCUT2D eigenvalue weighted by Crippen LogP contribution is 2.24. The molecular formula is C13H14BrFN2O. The van der Waals surface area contributed by atoms with Crippen molar-refractivity contribution in [3.63, 3.8) is 0 Å². The first kappa shape index (κ1) is 13.2. The summed E-state index contributed by atoms with van der Waals surface area (Å²) in [5.74, 6) is 0.489. The minimum absolute atomic E-state index is 0.326. The van der Waals surface area contributed by atoms with E-state index in [0.29, 0.717) is 22.9 Å². The minimum Gasteiger partial charge on any atom is -0.388 e. The van der Waals surface area contributed by atoms with Crippen LogP contribution in [0.4, 0.5) is 4.39 Å². The molecule has 0 saturated heterocycles. The second-order valence-electron chi connectivity index (χ2n) is 4.17. The summed E-state index contributed by atoms with van der Waals surface area (Å²) in [7, 11) is 1.90. The average Bonchev–Trinajstić information content (AvgIpc) is 2.72. The number of hydrogen-bond acceptors (Lipinski definition) is 2. The molecule has 1 unspecified atom stereocenters. The molecule has 0 spiro atoms. The molecule has 0 fully saturated rings. The number of aliphatic hydroxyl groups is 1. The number of hydrogen-bond donors (Lipinski definition) is 1. The zero-order chi connectivity index (χ0) is 13.1. The van der Waals surface area contributed by atoms with Crippen molar-refractivity contribution in [3.05, 3.63) is 52.3 Å². The van der Waals surface area contributed by atoms with Crippen LogP contribution >= 0.6 is 15.9 Å². The maximum Gasteiger partial charge on any atom is 0.130 e. The van der Waals surface area contributed by atoms with Crippen molar-refractivity contribution < 1.29 is 9.50 Å². The van der Waals surface area contributed by atoms with Crippen LogP contribution in [0, 0.1) is 5.82 Å². The number of rotatable bonds is 4. The molecule has 1 N–H and O–H groups in total. The fourth-order valence-corrected chi connectivity index (χ4v) is 2.16. The first-order chi connectivity index (χ1) is 8.58. The highest BCUT2D eigenvalue weighted by Gasteiger charge is 2.14. The minimum atomic E-state index is -0.810. The topological polar surface area (TPSA) is 38.0 Å². The monoisotopic (exact) mass is 312 g/mol. The lowest BCUT2D eigenvalue weighted by Crippen LogP contribution is -2.05. The third kappa shape index (κ3) is 2.97. The van der Waals surface area contributed by atoms with E-state index in [0.717, 1.165) is 5.82 Å². The Bertz CT molecular complexity index is 542. The number of aliphatic hydroxyl groups excluding tert-OH is 1. The van der Waals surface area contributed by atoms with Crippen LogP contribution in [-0.4, -0.2) is 14.7 Å². The van der Waals surface area contributed by atoms with Crippen molar-refractivity contribution in [1.29, 1.82) is 0 Å². The first-order valence-electron chi connectivity index (χ1n) is 5.67. The number of aromatic nitrogens is 2. The molecule has 1 aromatic heterocycles. The van der Waals surface area contributed by atoms with E-state index in [1.807, 2.05) is 17.8 Å². The van der Waals surface area contributed by atoms with E-state index in [-0.39, 0.29) is 0 Å². The van der Waals surface area contributed by atoms with E-state index in [2.05, 4.69) is 20.9 Å². The number of aryl methyl sites for hydroxylation is 2. The molecule has 2 aromatic rings. The predicted octanol–water partition coefficient (Wildman–Crippen LogP) is 2.99. The molecule has 3 nitrogen and oxygen atoms in total. The lowest BCUT2D eigenvalue weighted by molar-refractivity contribution is 0.162. The summed E-state index contributed by atoms with van der Waals surface area (Å²) in [6, 6.07) is 4.68. The average molecular weight is 313 g/mol. The molecule has 96 valence electrons. The Morgan fingerprint density at radius 2 is 2.28 bits per heavy atom. The van der Waals surface area contributed by atoms with E-state index >= 15 is 0 Å². The van der Waals surface area contributed by atoms with E-state index in [9.17, 15) is 9.50 Å². The Morgan fingerprint density at radius 1 is 1.50 bits per heavy atom. The largest absolute Gasteiger partial charge is 0.388 e. The van der Waals surface area contributed by atoms with Gasteiger partial charge in [-0.15, -0.1) is 0 Å². The van der Waals surface area contributed by atoms with Gasteiger partial charge in [-0.3, -0.25) is 0 Å². The molecule has 0 aliphatic carbocycles. The fourth-order valence-electron chi connectivity index (χ4n) is 1.83. The van der Waals surface area contributed by atoms with Crippen LogP contribution in [0.25, 0.3) is 0 Å². The van der Waals surface area contributed by atoms with Crippen LogP contribution in [0.1, 0.15) is 23.9 Å².